The second kappa shape index (κ2) is 11.3. The summed E-state index contributed by atoms with van der Waals surface area (Å²) in [6.45, 7) is 18.4. The summed E-state index contributed by atoms with van der Waals surface area (Å²) in [6, 6.07) is 2.15. The van der Waals surface area contributed by atoms with E-state index in [0.717, 1.165) is 45.0 Å². The van der Waals surface area contributed by atoms with Gasteiger partial charge in [0.1, 0.15) is 5.82 Å². The van der Waals surface area contributed by atoms with Crippen molar-refractivity contribution in [1.29, 1.82) is 5.26 Å². The zero-order chi connectivity index (χ0) is 19.6. The standard InChI is InChI=1S/C22H36N6/c1-24-21(20-23)22-27(15-9-8-14-25-10-4-2-5-11-25)18-19-28(22)17-16-26-12-6-3-7-13-26/h2-19H2. The minimum atomic E-state index is 0.271. The molecular formula is C22H36N6. The van der Waals surface area contributed by atoms with E-state index in [0.29, 0.717) is 0 Å². The van der Waals surface area contributed by atoms with Gasteiger partial charge in [0.05, 0.1) is 12.6 Å². The topological polar surface area (TPSA) is 41.1 Å². The normalized spacial score (nSPS) is 23.5. The number of rotatable bonds is 8. The van der Waals surface area contributed by atoms with Crippen molar-refractivity contribution in [2.24, 2.45) is 0 Å². The minimum absolute atomic E-state index is 0.271. The summed E-state index contributed by atoms with van der Waals surface area (Å²) in [4.78, 5) is 13.3. The molecule has 3 fully saturated rings. The Morgan fingerprint density at radius 2 is 1.29 bits per heavy atom. The van der Waals surface area contributed by atoms with E-state index in [9.17, 15) is 5.26 Å². The molecule has 3 aliphatic rings. The summed E-state index contributed by atoms with van der Waals surface area (Å²) in [5.41, 5.74) is 0.271. The largest absolute Gasteiger partial charge is 0.365 e. The predicted molar refractivity (Wildman–Crippen MR) is 112 cm³/mol. The molecule has 154 valence electrons. The monoisotopic (exact) mass is 384 g/mol. The van der Waals surface area contributed by atoms with Crippen molar-refractivity contribution < 1.29 is 0 Å². The van der Waals surface area contributed by atoms with Crippen molar-refractivity contribution in [3.05, 3.63) is 22.9 Å². The van der Waals surface area contributed by atoms with Gasteiger partial charge in [0.25, 0.3) is 0 Å². The van der Waals surface area contributed by atoms with E-state index in [1.165, 1.54) is 77.7 Å². The fourth-order valence-electron chi connectivity index (χ4n) is 4.78. The maximum absolute atomic E-state index is 9.49. The smallest absolute Gasteiger partial charge is 0.300 e. The molecule has 6 heteroatoms. The lowest BCUT2D eigenvalue weighted by molar-refractivity contribution is 0.201. The Labute approximate surface area is 171 Å². The van der Waals surface area contributed by atoms with Crippen LogP contribution in [-0.4, -0.2) is 85.0 Å². The van der Waals surface area contributed by atoms with Gasteiger partial charge in [-0.1, -0.05) is 12.8 Å². The van der Waals surface area contributed by atoms with Crippen LogP contribution < -0.4 is 0 Å². The molecule has 6 nitrogen and oxygen atoms in total. The number of allylic oxidation sites excluding steroid dienone is 1. The molecule has 0 atom stereocenters. The van der Waals surface area contributed by atoms with E-state index in [-0.39, 0.29) is 5.70 Å². The third kappa shape index (κ3) is 5.87. The van der Waals surface area contributed by atoms with E-state index in [2.05, 4.69) is 30.5 Å². The van der Waals surface area contributed by atoms with Gasteiger partial charge in [-0.3, -0.25) is 0 Å². The number of hydrogen-bond acceptors (Lipinski definition) is 5. The highest BCUT2D eigenvalue weighted by molar-refractivity contribution is 5.33. The van der Waals surface area contributed by atoms with Gasteiger partial charge in [-0.15, -0.1) is 0 Å². The first-order valence-electron chi connectivity index (χ1n) is 11.3. The van der Waals surface area contributed by atoms with Crippen LogP contribution in [0.4, 0.5) is 0 Å². The number of likely N-dealkylation sites (tertiary alicyclic amines) is 2. The van der Waals surface area contributed by atoms with Crippen molar-refractivity contribution in [2.45, 2.75) is 51.4 Å². The molecule has 0 spiro atoms. The lowest BCUT2D eigenvalue weighted by atomic mass is 10.1. The summed E-state index contributed by atoms with van der Waals surface area (Å²) in [5, 5.41) is 9.49. The number of hydrogen-bond donors (Lipinski definition) is 0. The average molecular weight is 385 g/mol. The van der Waals surface area contributed by atoms with Crippen molar-refractivity contribution in [2.75, 3.05) is 65.4 Å². The predicted octanol–water partition coefficient (Wildman–Crippen LogP) is 2.97. The van der Waals surface area contributed by atoms with Crippen LogP contribution in [-0.2, 0) is 0 Å². The SMILES string of the molecule is [C-]#[N+]C(C#N)=C1N(CCCCN2CCCCC2)CCN1CCN1CCCCC1. The first kappa shape index (κ1) is 21.0. The Morgan fingerprint density at radius 3 is 1.86 bits per heavy atom. The summed E-state index contributed by atoms with van der Waals surface area (Å²) >= 11 is 0. The van der Waals surface area contributed by atoms with Gasteiger partial charge >= 0.3 is 5.70 Å². The van der Waals surface area contributed by atoms with E-state index < -0.39 is 0 Å². The Balaban J connectivity index is 1.49. The van der Waals surface area contributed by atoms with Gasteiger partial charge in [0.15, 0.2) is 0 Å². The van der Waals surface area contributed by atoms with Crippen LogP contribution in [0.25, 0.3) is 4.85 Å². The minimum Gasteiger partial charge on any atom is -0.365 e. The maximum atomic E-state index is 9.49. The highest BCUT2D eigenvalue weighted by Gasteiger charge is 2.28. The van der Waals surface area contributed by atoms with Gasteiger partial charge in [-0.25, -0.2) is 10.1 Å². The van der Waals surface area contributed by atoms with E-state index in [1.54, 1.807) is 0 Å². The Hall–Kier alpha value is -1.76. The van der Waals surface area contributed by atoms with Crippen molar-refractivity contribution in [3.63, 3.8) is 0 Å². The van der Waals surface area contributed by atoms with Crippen molar-refractivity contribution >= 4 is 0 Å². The molecule has 0 amide bonds. The van der Waals surface area contributed by atoms with E-state index in [1.807, 2.05) is 0 Å². The molecule has 3 rings (SSSR count). The van der Waals surface area contributed by atoms with Crippen LogP contribution >= 0.6 is 0 Å². The molecule has 0 bridgehead atoms. The molecule has 3 aliphatic heterocycles. The Morgan fingerprint density at radius 1 is 0.750 bits per heavy atom. The molecule has 0 N–H and O–H groups in total. The molecule has 0 saturated carbocycles. The van der Waals surface area contributed by atoms with Gasteiger partial charge in [-0.05, 0) is 71.2 Å². The highest BCUT2D eigenvalue weighted by atomic mass is 15.4. The zero-order valence-electron chi connectivity index (χ0n) is 17.4. The second-order valence-electron chi connectivity index (χ2n) is 8.38. The van der Waals surface area contributed by atoms with E-state index >= 15 is 0 Å². The van der Waals surface area contributed by atoms with E-state index in [4.69, 9.17) is 6.57 Å². The quantitative estimate of drug-likeness (QED) is 0.366. The molecular weight excluding hydrogens is 348 g/mol. The van der Waals surface area contributed by atoms with Gasteiger partial charge in [0, 0.05) is 32.7 Å². The second-order valence-corrected chi connectivity index (χ2v) is 8.38. The molecule has 3 saturated heterocycles. The van der Waals surface area contributed by atoms with Gasteiger partial charge in [-0.2, -0.15) is 0 Å². The fourth-order valence-corrected chi connectivity index (χ4v) is 4.78. The highest BCUT2D eigenvalue weighted by Crippen LogP contribution is 2.24. The molecule has 28 heavy (non-hydrogen) atoms. The molecule has 3 heterocycles. The van der Waals surface area contributed by atoms with Crippen LogP contribution in [0.5, 0.6) is 0 Å². The molecule has 0 aromatic carbocycles. The Bertz CT molecular complexity index is 573. The van der Waals surface area contributed by atoms with Gasteiger partial charge < -0.3 is 19.6 Å². The summed E-state index contributed by atoms with van der Waals surface area (Å²) in [5.74, 6) is 0.896. The lowest BCUT2D eigenvalue weighted by Gasteiger charge is -2.31. The molecule has 0 aromatic heterocycles. The third-order valence-corrected chi connectivity index (χ3v) is 6.40. The third-order valence-electron chi connectivity index (χ3n) is 6.40. The van der Waals surface area contributed by atoms with Crippen LogP contribution in [0.15, 0.2) is 11.5 Å². The molecule has 0 aliphatic carbocycles. The number of nitriles is 1. The van der Waals surface area contributed by atoms with Crippen molar-refractivity contribution in [1.82, 2.24) is 19.6 Å². The number of nitrogens with zero attached hydrogens (tertiary/aromatic N) is 6. The van der Waals surface area contributed by atoms with Crippen LogP contribution in [0.3, 0.4) is 0 Å². The number of piperidine rings is 2. The van der Waals surface area contributed by atoms with Crippen LogP contribution in [0.1, 0.15) is 51.4 Å². The Kier molecular flexibility index (Phi) is 8.45. The summed E-state index contributed by atoms with van der Waals surface area (Å²) in [7, 11) is 0. The first-order chi connectivity index (χ1) is 13.8. The summed E-state index contributed by atoms with van der Waals surface area (Å²) in [6.07, 6.45) is 10.4. The average Bonchev–Trinajstić information content (AvgIpc) is 3.15. The van der Waals surface area contributed by atoms with Gasteiger partial charge in [0.2, 0.25) is 0 Å². The lowest BCUT2D eigenvalue weighted by Crippen LogP contribution is -2.37. The molecule has 0 aromatic rings. The summed E-state index contributed by atoms with van der Waals surface area (Å²) < 4.78 is 0. The van der Waals surface area contributed by atoms with Crippen LogP contribution in [0.2, 0.25) is 0 Å². The molecule has 0 radical (unpaired) electrons. The first-order valence-corrected chi connectivity index (χ1v) is 11.3. The van der Waals surface area contributed by atoms with Crippen LogP contribution in [0, 0.1) is 17.9 Å². The van der Waals surface area contributed by atoms with Crippen molar-refractivity contribution in [3.8, 4) is 6.07 Å². The number of unbranched alkanes of at least 4 members (excludes halogenated alkanes) is 1. The fraction of sp³-hybridized carbons (Fsp3) is 0.818. The maximum Gasteiger partial charge on any atom is 0.300 e. The zero-order valence-corrected chi connectivity index (χ0v) is 17.4. The molecule has 0 unspecified atom stereocenters.